The number of nitrogens with zero attached hydrogens (tertiary/aromatic N) is 1. The molecule has 2 atom stereocenters. The Balaban J connectivity index is 1.64. The van der Waals surface area contributed by atoms with E-state index in [0.29, 0.717) is 26.4 Å². The van der Waals surface area contributed by atoms with Crippen LogP contribution in [0.15, 0.2) is 91.0 Å². The Morgan fingerprint density at radius 2 is 1.32 bits per heavy atom. The number of carbonyl (C=O) groups excluding carboxylic acids is 1. The third-order valence-electron chi connectivity index (χ3n) is 7.64. The van der Waals surface area contributed by atoms with Gasteiger partial charge in [-0.05, 0) is 48.2 Å². The molecule has 1 amide bonds. The zero-order valence-corrected chi connectivity index (χ0v) is 25.9. The van der Waals surface area contributed by atoms with Crippen molar-refractivity contribution in [2.75, 3.05) is 19.8 Å². The molecular weight excluding hydrogens is 514 g/mol. The van der Waals surface area contributed by atoms with Crippen LogP contribution in [-0.4, -0.2) is 50.7 Å². The molecule has 6 heteroatoms. The monoisotopic (exact) mass is 559 g/mol. The first kappa shape index (κ1) is 30.0. The van der Waals surface area contributed by atoms with E-state index in [1.165, 1.54) is 10.4 Å². The van der Waals surface area contributed by atoms with Crippen LogP contribution in [-0.2, 0) is 20.5 Å². The van der Waals surface area contributed by atoms with Crippen molar-refractivity contribution in [1.29, 1.82) is 0 Å². The van der Waals surface area contributed by atoms with Crippen molar-refractivity contribution >= 4 is 24.8 Å². The van der Waals surface area contributed by atoms with Crippen molar-refractivity contribution in [2.24, 2.45) is 5.92 Å². The molecular formula is C34H45NO4Si. The summed E-state index contributed by atoms with van der Waals surface area (Å²) in [5, 5.41) is 2.31. The molecule has 1 fully saturated rings. The van der Waals surface area contributed by atoms with Crippen LogP contribution in [0.2, 0.25) is 5.04 Å². The molecule has 0 spiro atoms. The van der Waals surface area contributed by atoms with Gasteiger partial charge in [0, 0.05) is 12.5 Å². The number of hydrogen-bond donors (Lipinski definition) is 0. The van der Waals surface area contributed by atoms with Crippen LogP contribution in [0.25, 0.3) is 0 Å². The van der Waals surface area contributed by atoms with Crippen LogP contribution in [0.3, 0.4) is 0 Å². The van der Waals surface area contributed by atoms with Crippen LogP contribution >= 0.6 is 0 Å². The molecule has 0 radical (unpaired) electrons. The SMILES string of the molecule is CC(C)(C)OC(=O)N1CC[C@H](COCc2ccccc2)[C@H]1CO[Si](c1ccccc1)(c1ccccc1)C(C)(C)C. The number of hydrogen-bond acceptors (Lipinski definition) is 4. The lowest BCUT2D eigenvalue weighted by molar-refractivity contribution is 0.00910. The summed E-state index contributed by atoms with van der Waals surface area (Å²) in [4.78, 5) is 15.3. The molecule has 0 unspecified atom stereocenters. The zero-order chi connectivity index (χ0) is 28.8. The Labute approximate surface area is 241 Å². The van der Waals surface area contributed by atoms with E-state index in [0.717, 1.165) is 12.0 Å². The molecule has 1 saturated heterocycles. The van der Waals surface area contributed by atoms with Crippen LogP contribution in [0.1, 0.15) is 53.5 Å². The molecule has 0 aromatic heterocycles. The second-order valence-electron chi connectivity index (χ2n) is 12.8. The van der Waals surface area contributed by atoms with Gasteiger partial charge in [-0.3, -0.25) is 0 Å². The normalized spacial score (nSPS) is 18.1. The molecule has 0 N–H and O–H groups in total. The summed E-state index contributed by atoms with van der Waals surface area (Å²) in [5.41, 5.74) is 0.576. The van der Waals surface area contributed by atoms with Gasteiger partial charge in [0.15, 0.2) is 0 Å². The summed E-state index contributed by atoms with van der Waals surface area (Å²) in [7, 11) is -2.76. The molecule has 0 saturated carbocycles. The predicted octanol–water partition coefficient (Wildman–Crippen LogP) is 6.41. The van der Waals surface area contributed by atoms with E-state index >= 15 is 0 Å². The first-order valence-corrected chi connectivity index (χ1v) is 16.3. The lowest BCUT2D eigenvalue weighted by Gasteiger charge is -2.44. The van der Waals surface area contributed by atoms with Crippen LogP contribution in [0, 0.1) is 5.92 Å². The number of rotatable bonds is 9. The summed E-state index contributed by atoms with van der Waals surface area (Å²) in [6.45, 7) is 14.7. The summed E-state index contributed by atoms with van der Waals surface area (Å²) < 4.78 is 19.3. The van der Waals surface area contributed by atoms with E-state index in [-0.39, 0.29) is 23.1 Å². The third kappa shape index (κ3) is 7.03. The Hall–Kier alpha value is -2.93. The van der Waals surface area contributed by atoms with Crippen LogP contribution < -0.4 is 10.4 Å². The van der Waals surface area contributed by atoms with Gasteiger partial charge < -0.3 is 18.8 Å². The van der Waals surface area contributed by atoms with Gasteiger partial charge >= 0.3 is 6.09 Å². The van der Waals surface area contributed by atoms with Gasteiger partial charge in [-0.2, -0.15) is 0 Å². The quantitative estimate of drug-likeness (QED) is 0.285. The van der Waals surface area contributed by atoms with Gasteiger partial charge in [-0.15, -0.1) is 0 Å². The van der Waals surface area contributed by atoms with Crippen LogP contribution in [0.4, 0.5) is 4.79 Å². The second-order valence-corrected chi connectivity index (χ2v) is 17.1. The molecule has 3 aromatic rings. The average Bonchev–Trinajstić information content (AvgIpc) is 3.32. The molecule has 1 aliphatic rings. The van der Waals surface area contributed by atoms with Crippen molar-refractivity contribution in [3.8, 4) is 0 Å². The van der Waals surface area contributed by atoms with Gasteiger partial charge in [0.05, 0.1) is 25.9 Å². The second kappa shape index (κ2) is 12.7. The van der Waals surface area contributed by atoms with Crippen LogP contribution in [0.5, 0.6) is 0 Å². The lowest BCUT2D eigenvalue weighted by atomic mass is 10.0. The maximum Gasteiger partial charge on any atom is 0.410 e. The number of likely N-dealkylation sites (tertiary alicyclic amines) is 1. The summed E-state index contributed by atoms with van der Waals surface area (Å²) in [5.74, 6) is 0.148. The maximum absolute atomic E-state index is 13.4. The van der Waals surface area contributed by atoms with E-state index < -0.39 is 13.9 Å². The largest absolute Gasteiger partial charge is 0.444 e. The number of benzene rings is 3. The lowest BCUT2D eigenvalue weighted by Crippen LogP contribution is -2.67. The van der Waals surface area contributed by atoms with Gasteiger partial charge in [0.1, 0.15) is 5.60 Å². The standard InChI is InChI=1S/C34H45NO4Si/c1-33(2,3)39-32(36)35-23-22-28(25-37-24-27-16-10-7-11-17-27)31(35)26-38-40(34(4,5)6,29-18-12-8-13-19-29)30-20-14-9-15-21-30/h7-21,28,31H,22-26H2,1-6H3/t28-,31-/m1/s1. The molecule has 1 aliphatic heterocycles. The summed E-state index contributed by atoms with van der Waals surface area (Å²) in [6.07, 6.45) is 0.567. The van der Waals surface area contributed by atoms with Gasteiger partial charge in [-0.25, -0.2) is 4.79 Å². The minimum absolute atomic E-state index is 0.146. The molecule has 214 valence electrons. The highest BCUT2D eigenvalue weighted by molar-refractivity contribution is 6.99. The first-order chi connectivity index (χ1) is 19.0. The summed E-state index contributed by atoms with van der Waals surface area (Å²) >= 11 is 0. The average molecular weight is 560 g/mol. The Kier molecular flexibility index (Phi) is 9.55. The van der Waals surface area contributed by atoms with Crippen molar-refractivity contribution in [1.82, 2.24) is 4.90 Å². The Bertz CT molecular complexity index is 1170. The van der Waals surface area contributed by atoms with Crippen molar-refractivity contribution in [3.63, 3.8) is 0 Å². The molecule has 3 aromatic carbocycles. The summed E-state index contributed by atoms with van der Waals surface area (Å²) in [6, 6.07) is 31.4. The molecule has 0 aliphatic carbocycles. The fourth-order valence-corrected chi connectivity index (χ4v) is 10.3. The smallest absolute Gasteiger partial charge is 0.410 e. The predicted molar refractivity (Wildman–Crippen MR) is 165 cm³/mol. The van der Waals surface area contributed by atoms with Gasteiger partial charge in [0.2, 0.25) is 0 Å². The fourth-order valence-electron chi connectivity index (χ4n) is 5.76. The number of amides is 1. The van der Waals surface area contributed by atoms with Gasteiger partial charge in [0.25, 0.3) is 8.32 Å². The highest BCUT2D eigenvalue weighted by Gasteiger charge is 2.51. The van der Waals surface area contributed by atoms with Gasteiger partial charge in [-0.1, -0.05) is 112 Å². The Morgan fingerprint density at radius 1 is 0.800 bits per heavy atom. The molecule has 40 heavy (non-hydrogen) atoms. The highest BCUT2D eigenvalue weighted by atomic mass is 28.4. The molecule has 4 rings (SSSR count). The maximum atomic E-state index is 13.4. The number of carbonyl (C=O) groups is 1. The molecule has 1 heterocycles. The van der Waals surface area contributed by atoms with E-state index in [1.54, 1.807) is 0 Å². The topological polar surface area (TPSA) is 48.0 Å². The third-order valence-corrected chi connectivity index (χ3v) is 12.6. The minimum Gasteiger partial charge on any atom is -0.444 e. The fraction of sp³-hybridized carbons (Fsp3) is 0.441. The zero-order valence-electron chi connectivity index (χ0n) is 24.9. The van der Waals surface area contributed by atoms with Crippen molar-refractivity contribution in [3.05, 3.63) is 96.6 Å². The van der Waals surface area contributed by atoms with E-state index in [4.69, 9.17) is 13.9 Å². The van der Waals surface area contributed by atoms with E-state index in [2.05, 4.69) is 93.6 Å². The highest BCUT2D eigenvalue weighted by Crippen LogP contribution is 2.38. The van der Waals surface area contributed by atoms with Crippen molar-refractivity contribution in [2.45, 2.75) is 71.3 Å². The van der Waals surface area contributed by atoms with Crippen molar-refractivity contribution < 1.29 is 18.7 Å². The Morgan fingerprint density at radius 3 is 1.82 bits per heavy atom. The van der Waals surface area contributed by atoms with E-state index in [1.807, 2.05) is 43.9 Å². The molecule has 5 nitrogen and oxygen atoms in total. The first-order valence-electron chi connectivity index (χ1n) is 14.4. The van der Waals surface area contributed by atoms with E-state index in [9.17, 15) is 4.79 Å². The molecule has 0 bridgehead atoms. The minimum atomic E-state index is -2.76. The number of ether oxygens (including phenoxy) is 2.